The topological polar surface area (TPSA) is 92.7 Å². The van der Waals surface area contributed by atoms with Gasteiger partial charge >= 0.3 is 0 Å². The second-order valence-corrected chi connectivity index (χ2v) is 7.11. The van der Waals surface area contributed by atoms with Gasteiger partial charge in [0.25, 0.3) is 11.8 Å². The number of rotatable bonds is 4. The number of hydrogen-bond donors (Lipinski definition) is 2. The number of imide groups is 1. The molecule has 138 valence electrons. The fourth-order valence-electron chi connectivity index (χ4n) is 3.73. The van der Waals surface area contributed by atoms with Gasteiger partial charge in [0.1, 0.15) is 0 Å². The largest absolute Gasteiger partial charge is 0.339 e. The first-order valence-electron chi connectivity index (χ1n) is 8.77. The van der Waals surface area contributed by atoms with E-state index in [1.807, 2.05) is 44.4 Å². The van der Waals surface area contributed by atoms with E-state index in [0.717, 1.165) is 28.4 Å². The summed E-state index contributed by atoms with van der Waals surface area (Å²) in [5.74, 6) is 4.56. The summed E-state index contributed by atoms with van der Waals surface area (Å²) in [6.45, 7) is 2.89. The van der Waals surface area contributed by atoms with Gasteiger partial charge in [0.15, 0.2) is 0 Å². The molecule has 0 radical (unpaired) electrons. The molecule has 7 heteroatoms. The van der Waals surface area contributed by atoms with Crippen LogP contribution >= 0.6 is 0 Å². The lowest BCUT2D eigenvalue weighted by Crippen LogP contribution is -2.29. The number of carbonyl (C=O) groups is 2. The third kappa shape index (κ3) is 2.50. The van der Waals surface area contributed by atoms with E-state index < -0.39 is 5.91 Å². The number of fused-ring (bicyclic) bond motifs is 5. The second kappa shape index (κ2) is 6.21. The predicted molar refractivity (Wildman–Crippen MR) is 106 cm³/mol. The molecule has 3 aromatic rings. The summed E-state index contributed by atoms with van der Waals surface area (Å²) >= 11 is 0. The molecule has 0 spiro atoms. The predicted octanol–water partition coefficient (Wildman–Crippen LogP) is 1.92. The Morgan fingerprint density at radius 3 is 2.59 bits per heavy atom. The van der Waals surface area contributed by atoms with Gasteiger partial charge < -0.3 is 15.3 Å². The minimum atomic E-state index is -0.412. The van der Waals surface area contributed by atoms with Crippen molar-refractivity contribution in [1.82, 2.24) is 14.8 Å². The summed E-state index contributed by atoms with van der Waals surface area (Å²) in [5, 5.41) is 7.75. The van der Waals surface area contributed by atoms with E-state index in [9.17, 15) is 9.59 Å². The Balaban J connectivity index is 2.15. The first kappa shape index (κ1) is 17.2. The van der Waals surface area contributed by atoms with Gasteiger partial charge in [-0.3, -0.25) is 14.9 Å². The first-order chi connectivity index (χ1) is 12.9. The Kier molecular flexibility index (Phi) is 3.96. The zero-order valence-corrected chi connectivity index (χ0v) is 15.5. The zero-order chi connectivity index (χ0) is 19.3. The van der Waals surface area contributed by atoms with Gasteiger partial charge in [0, 0.05) is 34.4 Å². The van der Waals surface area contributed by atoms with Gasteiger partial charge in [-0.15, -0.1) is 0 Å². The first-order valence-corrected chi connectivity index (χ1v) is 8.77. The number of hydrogen-bond acceptors (Lipinski definition) is 5. The van der Waals surface area contributed by atoms with Crippen LogP contribution in [0.25, 0.3) is 21.8 Å². The van der Waals surface area contributed by atoms with Crippen LogP contribution in [0, 0.1) is 0 Å². The molecule has 0 aliphatic carbocycles. The maximum Gasteiger partial charge on any atom is 0.259 e. The van der Waals surface area contributed by atoms with Gasteiger partial charge in [-0.2, -0.15) is 5.10 Å². The monoisotopic (exact) mass is 363 g/mol. The highest BCUT2D eigenvalue weighted by atomic mass is 16.2. The molecular weight excluding hydrogens is 342 g/mol. The molecule has 1 aliphatic heterocycles. The molecule has 1 unspecified atom stereocenters. The molecule has 4 rings (SSSR count). The van der Waals surface area contributed by atoms with Crippen molar-refractivity contribution in [2.75, 3.05) is 14.1 Å². The maximum atomic E-state index is 12.6. The summed E-state index contributed by atoms with van der Waals surface area (Å²) in [6.07, 6.45) is 1.42. The normalized spacial score (nSPS) is 15.3. The number of nitrogens with one attached hydrogen (secondary N) is 1. The number of likely N-dealkylation sites (N-methyl/N-ethyl adjacent to an activating group) is 1. The highest BCUT2D eigenvalue weighted by Gasteiger charge is 2.33. The van der Waals surface area contributed by atoms with Crippen molar-refractivity contribution in [2.24, 2.45) is 10.9 Å². The molecule has 0 fully saturated rings. The minimum absolute atomic E-state index is 0.277. The van der Waals surface area contributed by atoms with E-state index in [4.69, 9.17) is 5.84 Å². The van der Waals surface area contributed by atoms with Crippen molar-refractivity contribution in [2.45, 2.75) is 19.5 Å². The molecule has 1 atom stereocenters. The summed E-state index contributed by atoms with van der Waals surface area (Å²) in [4.78, 5) is 27.1. The SMILES string of the molecule is CC(Cn1c2ccccc2c2c3c(c(/C=N/N)cc21)C(=O)NC3=O)N(C)C. The number of para-hydroxylation sites is 1. The number of aromatic nitrogens is 1. The van der Waals surface area contributed by atoms with Crippen molar-refractivity contribution in [1.29, 1.82) is 0 Å². The third-order valence-electron chi connectivity index (χ3n) is 5.32. The second-order valence-electron chi connectivity index (χ2n) is 7.11. The van der Waals surface area contributed by atoms with Crippen LogP contribution in [0.4, 0.5) is 0 Å². The van der Waals surface area contributed by atoms with Gasteiger partial charge in [0.2, 0.25) is 0 Å². The van der Waals surface area contributed by atoms with Crippen LogP contribution < -0.4 is 11.2 Å². The summed E-state index contributed by atoms with van der Waals surface area (Å²) in [7, 11) is 4.07. The van der Waals surface area contributed by atoms with Gasteiger partial charge in [-0.1, -0.05) is 18.2 Å². The van der Waals surface area contributed by atoms with Gasteiger partial charge in [-0.25, -0.2) is 0 Å². The van der Waals surface area contributed by atoms with Crippen molar-refractivity contribution in [3.8, 4) is 0 Å². The molecule has 1 aromatic heterocycles. The van der Waals surface area contributed by atoms with E-state index >= 15 is 0 Å². The van der Waals surface area contributed by atoms with Crippen molar-refractivity contribution < 1.29 is 9.59 Å². The third-order valence-corrected chi connectivity index (χ3v) is 5.32. The zero-order valence-electron chi connectivity index (χ0n) is 15.5. The summed E-state index contributed by atoms with van der Waals surface area (Å²) in [6, 6.07) is 10.1. The Bertz CT molecular complexity index is 1130. The van der Waals surface area contributed by atoms with E-state index in [2.05, 4.69) is 26.8 Å². The lowest BCUT2D eigenvalue weighted by molar-refractivity contribution is 0.0880. The molecule has 0 saturated heterocycles. The van der Waals surface area contributed by atoms with Gasteiger partial charge in [-0.05, 0) is 33.2 Å². The highest BCUT2D eigenvalue weighted by molar-refractivity contribution is 6.32. The fourth-order valence-corrected chi connectivity index (χ4v) is 3.73. The lowest BCUT2D eigenvalue weighted by atomic mass is 9.97. The van der Waals surface area contributed by atoms with Crippen molar-refractivity contribution >= 4 is 39.8 Å². The highest BCUT2D eigenvalue weighted by Crippen LogP contribution is 2.36. The van der Waals surface area contributed by atoms with Crippen LogP contribution in [-0.2, 0) is 6.54 Å². The van der Waals surface area contributed by atoms with E-state index in [1.165, 1.54) is 6.21 Å². The van der Waals surface area contributed by atoms with E-state index in [1.54, 1.807) is 0 Å². The maximum absolute atomic E-state index is 12.6. The molecule has 2 aromatic carbocycles. The fraction of sp³-hybridized carbons (Fsp3) is 0.250. The summed E-state index contributed by atoms with van der Waals surface area (Å²) < 4.78 is 2.19. The molecule has 0 saturated carbocycles. The van der Waals surface area contributed by atoms with E-state index in [0.29, 0.717) is 16.7 Å². The van der Waals surface area contributed by atoms with Crippen LogP contribution in [0.15, 0.2) is 35.4 Å². The molecule has 7 nitrogen and oxygen atoms in total. The molecule has 3 N–H and O–H groups in total. The Labute approximate surface area is 156 Å². The standard InChI is InChI=1S/C20H21N5O2/c1-11(24(2)3)10-25-14-7-5-4-6-13(14)17-15(25)8-12(9-22-21)16-18(17)20(27)23-19(16)26/h4-9,11H,10,21H2,1-3H3,(H,23,26,27)/b22-9+. The summed E-state index contributed by atoms with van der Waals surface area (Å²) in [5.41, 5.74) is 3.20. The van der Waals surface area contributed by atoms with E-state index in [-0.39, 0.29) is 11.9 Å². The van der Waals surface area contributed by atoms with Crippen molar-refractivity contribution in [3.63, 3.8) is 0 Å². The molecule has 27 heavy (non-hydrogen) atoms. The lowest BCUT2D eigenvalue weighted by Gasteiger charge is -2.21. The Morgan fingerprint density at radius 2 is 1.89 bits per heavy atom. The van der Waals surface area contributed by atoms with Crippen LogP contribution in [0.5, 0.6) is 0 Å². The van der Waals surface area contributed by atoms with Crippen LogP contribution in [0.2, 0.25) is 0 Å². The van der Waals surface area contributed by atoms with Crippen molar-refractivity contribution in [3.05, 3.63) is 47.0 Å². The minimum Gasteiger partial charge on any atom is -0.339 e. The van der Waals surface area contributed by atoms with Crippen LogP contribution in [0.1, 0.15) is 33.2 Å². The molecule has 0 bridgehead atoms. The quantitative estimate of drug-likeness (QED) is 0.321. The number of amides is 2. The smallest absolute Gasteiger partial charge is 0.259 e. The van der Waals surface area contributed by atoms with Crippen LogP contribution in [0.3, 0.4) is 0 Å². The van der Waals surface area contributed by atoms with Crippen LogP contribution in [-0.4, -0.2) is 47.6 Å². The Morgan fingerprint density at radius 1 is 1.19 bits per heavy atom. The number of hydrazone groups is 1. The average Bonchev–Trinajstić information content (AvgIpc) is 3.10. The molecule has 2 heterocycles. The number of nitrogens with zero attached hydrogens (tertiary/aromatic N) is 3. The molecule has 2 amide bonds. The molecule has 1 aliphatic rings. The van der Waals surface area contributed by atoms with Gasteiger partial charge in [0.05, 0.1) is 22.9 Å². The average molecular weight is 363 g/mol. The molecular formula is C20H21N5O2. The number of nitrogens with two attached hydrogens (primary N) is 1. The number of carbonyl (C=O) groups excluding carboxylic acids is 2. The Hall–Kier alpha value is -3.19. The number of benzene rings is 2.